The molecule has 35 heavy (non-hydrogen) atoms. The molecule has 0 radical (unpaired) electrons. The van der Waals surface area contributed by atoms with E-state index in [0.29, 0.717) is 43.8 Å². The van der Waals surface area contributed by atoms with E-state index in [0.717, 1.165) is 27.7 Å². The Balaban J connectivity index is 1.15. The van der Waals surface area contributed by atoms with Crippen molar-refractivity contribution in [1.82, 2.24) is 29.4 Å². The van der Waals surface area contributed by atoms with Crippen LogP contribution in [-0.2, 0) is 11.2 Å². The number of aromatic nitrogens is 4. The van der Waals surface area contributed by atoms with E-state index >= 15 is 0 Å². The summed E-state index contributed by atoms with van der Waals surface area (Å²) in [7, 11) is 0. The maximum absolute atomic E-state index is 13.3. The molecule has 2 aromatic carbocycles. The van der Waals surface area contributed by atoms with Crippen molar-refractivity contribution in [3.05, 3.63) is 90.4 Å². The van der Waals surface area contributed by atoms with Gasteiger partial charge in [0.05, 0.1) is 18.3 Å². The van der Waals surface area contributed by atoms with E-state index in [2.05, 4.69) is 15.1 Å². The third-order valence-electron chi connectivity index (χ3n) is 6.64. The molecule has 0 saturated carbocycles. The highest BCUT2D eigenvalue weighted by atomic mass is 16.2. The van der Waals surface area contributed by atoms with Crippen LogP contribution in [0, 0.1) is 0 Å². The number of H-pyrrole nitrogens is 1. The summed E-state index contributed by atoms with van der Waals surface area (Å²) in [5.41, 5.74) is 4.92. The molecule has 1 saturated heterocycles. The number of rotatable bonds is 4. The molecule has 1 aliphatic heterocycles. The highest BCUT2D eigenvalue weighted by molar-refractivity contribution is 6.00. The first-order valence-electron chi connectivity index (χ1n) is 11.7. The van der Waals surface area contributed by atoms with Crippen LogP contribution in [0.25, 0.3) is 27.8 Å². The number of carbonyl (C=O) groups excluding carboxylic acids is 2. The predicted molar refractivity (Wildman–Crippen MR) is 133 cm³/mol. The summed E-state index contributed by atoms with van der Waals surface area (Å²) in [4.78, 5) is 37.6. The summed E-state index contributed by atoms with van der Waals surface area (Å²) in [6, 6.07) is 19.8. The fraction of sp³-hybridized carbons (Fsp3) is 0.185. The summed E-state index contributed by atoms with van der Waals surface area (Å²) in [6.45, 7) is 1.98. The van der Waals surface area contributed by atoms with Crippen LogP contribution in [0.2, 0.25) is 0 Å². The Morgan fingerprint density at radius 2 is 1.63 bits per heavy atom. The number of benzene rings is 2. The lowest BCUT2D eigenvalue weighted by Crippen LogP contribution is -2.51. The minimum absolute atomic E-state index is 0.0759. The zero-order valence-electron chi connectivity index (χ0n) is 19.1. The standard InChI is InChI=1S/C27H24N6O2/c34-25(16-20-17-29-23-9-5-4-8-21(20)23)31-12-14-32(15-13-31)27(35)22-18-30-33-24(10-11-28-26(22)33)19-6-2-1-3-7-19/h1-11,17-18,29H,12-16H2. The zero-order valence-corrected chi connectivity index (χ0v) is 19.1. The van der Waals surface area contributed by atoms with Crippen molar-refractivity contribution >= 4 is 28.4 Å². The van der Waals surface area contributed by atoms with Gasteiger partial charge in [-0.2, -0.15) is 5.10 Å². The molecule has 5 aromatic rings. The molecule has 1 fully saturated rings. The fourth-order valence-electron chi connectivity index (χ4n) is 4.75. The molecular formula is C27H24N6O2. The number of carbonyl (C=O) groups is 2. The third kappa shape index (κ3) is 3.82. The first kappa shape index (κ1) is 21.1. The summed E-state index contributed by atoms with van der Waals surface area (Å²) >= 11 is 0. The van der Waals surface area contributed by atoms with E-state index in [9.17, 15) is 9.59 Å². The van der Waals surface area contributed by atoms with Gasteiger partial charge in [0.1, 0.15) is 5.56 Å². The van der Waals surface area contributed by atoms with Crippen LogP contribution in [-0.4, -0.2) is 67.4 Å². The smallest absolute Gasteiger partial charge is 0.259 e. The van der Waals surface area contributed by atoms with Crippen LogP contribution >= 0.6 is 0 Å². The molecule has 3 aromatic heterocycles. The lowest BCUT2D eigenvalue weighted by Gasteiger charge is -2.34. The molecule has 8 heteroatoms. The molecule has 0 unspecified atom stereocenters. The zero-order chi connectivity index (χ0) is 23.8. The van der Waals surface area contributed by atoms with Crippen LogP contribution in [0.15, 0.2) is 79.3 Å². The summed E-state index contributed by atoms with van der Waals surface area (Å²) in [6.07, 6.45) is 5.55. The van der Waals surface area contributed by atoms with Gasteiger partial charge in [0.25, 0.3) is 5.91 Å². The van der Waals surface area contributed by atoms with Gasteiger partial charge in [0, 0.05) is 55.0 Å². The van der Waals surface area contributed by atoms with Crippen LogP contribution in [0.3, 0.4) is 0 Å². The number of fused-ring (bicyclic) bond motifs is 2. The molecule has 1 N–H and O–H groups in total. The number of nitrogens with zero attached hydrogens (tertiary/aromatic N) is 5. The molecule has 1 aliphatic rings. The highest BCUT2D eigenvalue weighted by Gasteiger charge is 2.27. The summed E-state index contributed by atoms with van der Waals surface area (Å²) in [5, 5.41) is 5.53. The molecule has 8 nitrogen and oxygen atoms in total. The van der Waals surface area contributed by atoms with Crippen LogP contribution < -0.4 is 0 Å². The van der Waals surface area contributed by atoms with Gasteiger partial charge < -0.3 is 14.8 Å². The lowest BCUT2D eigenvalue weighted by atomic mass is 10.1. The van der Waals surface area contributed by atoms with Crippen LogP contribution in [0.1, 0.15) is 15.9 Å². The van der Waals surface area contributed by atoms with Crippen LogP contribution in [0.4, 0.5) is 0 Å². The SMILES string of the molecule is O=C(Cc1c[nH]c2ccccc12)N1CCN(C(=O)c2cnn3c(-c4ccccc4)ccnc23)CC1. The summed E-state index contributed by atoms with van der Waals surface area (Å²) < 4.78 is 1.71. The Morgan fingerprint density at radius 3 is 2.46 bits per heavy atom. The van der Waals surface area contributed by atoms with Gasteiger partial charge in [-0.05, 0) is 17.7 Å². The van der Waals surface area contributed by atoms with Gasteiger partial charge in [0.15, 0.2) is 5.65 Å². The first-order valence-corrected chi connectivity index (χ1v) is 11.7. The van der Waals surface area contributed by atoms with Gasteiger partial charge in [-0.3, -0.25) is 9.59 Å². The van der Waals surface area contributed by atoms with E-state index < -0.39 is 0 Å². The average molecular weight is 465 g/mol. The van der Waals surface area contributed by atoms with E-state index in [-0.39, 0.29) is 11.8 Å². The number of para-hydroxylation sites is 1. The molecule has 0 atom stereocenters. The van der Waals surface area contributed by atoms with Crippen molar-refractivity contribution in [1.29, 1.82) is 0 Å². The molecule has 0 bridgehead atoms. The Labute approximate surface area is 201 Å². The number of hydrogen-bond donors (Lipinski definition) is 1. The second-order valence-electron chi connectivity index (χ2n) is 8.70. The van der Waals surface area contributed by atoms with Gasteiger partial charge >= 0.3 is 0 Å². The van der Waals surface area contributed by atoms with Gasteiger partial charge in [-0.1, -0.05) is 48.5 Å². The van der Waals surface area contributed by atoms with E-state index in [4.69, 9.17) is 0 Å². The lowest BCUT2D eigenvalue weighted by molar-refractivity contribution is -0.131. The summed E-state index contributed by atoms with van der Waals surface area (Å²) in [5.74, 6) is -0.0338. The maximum atomic E-state index is 13.3. The van der Waals surface area contributed by atoms with Crippen molar-refractivity contribution in [3.8, 4) is 11.3 Å². The van der Waals surface area contributed by atoms with Crippen molar-refractivity contribution in [2.45, 2.75) is 6.42 Å². The van der Waals surface area contributed by atoms with Gasteiger partial charge in [-0.15, -0.1) is 0 Å². The number of nitrogens with one attached hydrogen (secondary N) is 1. The van der Waals surface area contributed by atoms with Crippen molar-refractivity contribution in [2.75, 3.05) is 26.2 Å². The Kier molecular flexibility index (Phi) is 5.25. The van der Waals surface area contributed by atoms with Crippen molar-refractivity contribution in [2.24, 2.45) is 0 Å². The predicted octanol–water partition coefficient (Wildman–Crippen LogP) is 3.40. The largest absolute Gasteiger partial charge is 0.361 e. The molecule has 6 rings (SSSR count). The molecular weight excluding hydrogens is 440 g/mol. The monoisotopic (exact) mass is 464 g/mol. The fourth-order valence-corrected chi connectivity index (χ4v) is 4.75. The normalized spacial score (nSPS) is 14.1. The molecule has 0 aliphatic carbocycles. The topological polar surface area (TPSA) is 86.6 Å². The number of piperazine rings is 1. The Morgan fingerprint density at radius 1 is 0.886 bits per heavy atom. The minimum Gasteiger partial charge on any atom is -0.361 e. The molecule has 4 heterocycles. The number of amides is 2. The van der Waals surface area contributed by atoms with E-state index in [1.807, 2.05) is 71.8 Å². The first-order chi connectivity index (χ1) is 17.2. The molecule has 2 amide bonds. The minimum atomic E-state index is -0.110. The maximum Gasteiger partial charge on any atom is 0.259 e. The van der Waals surface area contributed by atoms with Crippen molar-refractivity contribution < 1.29 is 9.59 Å². The molecule has 0 spiro atoms. The quantitative estimate of drug-likeness (QED) is 0.442. The molecule has 174 valence electrons. The van der Waals surface area contributed by atoms with E-state index in [1.165, 1.54) is 0 Å². The Hall–Kier alpha value is -4.46. The van der Waals surface area contributed by atoms with Gasteiger partial charge in [-0.25, -0.2) is 9.50 Å². The second-order valence-corrected chi connectivity index (χ2v) is 8.70. The van der Waals surface area contributed by atoms with Crippen molar-refractivity contribution in [3.63, 3.8) is 0 Å². The second kappa shape index (κ2) is 8.72. The average Bonchev–Trinajstić information content (AvgIpc) is 3.53. The van der Waals surface area contributed by atoms with E-state index in [1.54, 1.807) is 21.8 Å². The van der Waals surface area contributed by atoms with Gasteiger partial charge in [0.2, 0.25) is 5.91 Å². The Bertz CT molecular complexity index is 1530. The third-order valence-corrected chi connectivity index (χ3v) is 6.64. The number of hydrogen-bond acceptors (Lipinski definition) is 4. The highest BCUT2D eigenvalue weighted by Crippen LogP contribution is 2.22. The van der Waals surface area contributed by atoms with Crippen LogP contribution in [0.5, 0.6) is 0 Å². The number of aromatic amines is 1.